The molecule has 1 fully saturated rings. The largest absolute Gasteiger partial charge is 0.335 e. The number of carbonyl (C=O) groups is 2. The smallest absolute Gasteiger partial charge is 0.321 e. The fourth-order valence-electron chi connectivity index (χ4n) is 3.36. The maximum atomic E-state index is 12.9. The van der Waals surface area contributed by atoms with Gasteiger partial charge >= 0.3 is 6.03 Å². The summed E-state index contributed by atoms with van der Waals surface area (Å²) >= 11 is 6.12. The van der Waals surface area contributed by atoms with Gasteiger partial charge in [-0.3, -0.25) is 9.69 Å². The number of halogens is 1. The Morgan fingerprint density at radius 3 is 2.42 bits per heavy atom. The van der Waals surface area contributed by atoms with E-state index >= 15 is 0 Å². The minimum Gasteiger partial charge on any atom is -0.335 e. The molecule has 3 rings (SSSR count). The molecule has 0 atom stereocenters. The Hall–Kier alpha value is -2.33. The van der Waals surface area contributed by atoms with Crippen molar-refractivity contribution in [2.45, 2.75) is 38.1 Å². The lowest BCUT2D eigenvalue weighted by Crippen LogP contribution is -2.44. The lowest BCUT2D eigenvalue weighted by molar-refractivity contribution is 0.103. The second-order valence-corrected chi connectivity index (χ2v) is 7.14. The second kappa shape index (κ2) is 8.37. The number of anilines is 1. The van der Waals surface area contributed by atoms with Crippen LogP contribution in [0.25, 0.3) is 0 Å². The van der Waals surface area contributed by atoms with E-state index in [2.05, 4.69) is 5.32 Å². The summed E-state index contributed by atoms with van der Waals surface area (Å²) in [6.45, 7) is 0. The van der Waals surface area contributed by atoms with Crippen molar-refractivity contribution in [2.24, 2.45) is 0 Å². The highest BCUT2D eigenvalue weighted by molar-refractivity contribution is 6.31. The van der Waals surface area contributed by atoms with Gasteiger partial charge in [0, 0.05) is 29.2 Å². The Kier molecular flexibility index (Phi) is 5.94. The fraction of sp³-hybridized carbons (Fsp3) is 0.333. The first-order valence-electron chi connectivity index (χ1n) is 9.00. The third kappa shape index (κ3) is 4.25. The van der Waals surface area contributed by atoms with Crippen LogP contribution in [-0.2, 0) is 0 Å². The van der Waals surface area contributed by atoms with Crippen LogP contribution >= 0.6 is 11.6 Å². The Balaban J connectivity index is 1.84. The van der Waals surface area contributed by atoms with Gasteiger partial charge in [0.2, 0.25) is 0 Å². The SMILES string of the molecule is CN(C(=O)NC1CCCCC1)c1ccc(Cl)cc1C(=O)c1ccccc1. The van der Waals surface area contributed by atoms with Crippen LogP contribution < -0.4 is 10.2 Å². The lowest BCUT2D eigenvalue weighted by Gasteiger charge is -2.27. The first-order chi connectivity index (χ1) is 12.6. The van der Waals surface area contributed by atoms with Gasteiger partial charge in [0.15, 0.2) is 5.78 Å². The highest BCUT2D eigenvalue weighted by atomic mass is 35.5. The van der Waals surface area contributed by atoms with Gasteiger partial charge in [0.05, 0.1) is 5.69 Å². The molecule has 2 amide bonds. The number of nitrogens with one attached hydrogen (secondary N) is 1. The molecule has 1 aliphatic carbocycles. The van der Waals surface area contributed by atoms with Crippen molar-refractivity contribution in [2.75, 3.05) is 11.9 Å². The number of amides is 2. The molecule has 1 saturated carbocycles. The van der Waals surface area contributed by atoms with Crippen LogP contribution in [-0.4, -0.2) is 24.9 Å². The summed E-state index contributed by atoms with van der Waals surface area (Å²) in [5, 5.41) is 3.55. The zero-order chi connectivity index (χ0) is 18.5. The van der Waals surface area contributed by atoms with Gasteiger partial charge in [-0.05, 0) is 31.0 Å². The van der Waals surface area contributed by atoms with E-state index in [-0.39, 0.29) is 17.9 Å². The molecule has 5 heteroatoms. The van der Waals surface area contributed by atoms with E-state index < -0.39 is 0 Å². The van der Waals surface area contributed by atoms with Crippen LogP contribution in [0.4, 0.5) is 10.5 Å². The van der Waals surface area contributed by atoms with Crippen LogP contribution in [0.15, 0.2) is 48.5 Å². The third-order valence-electron chi connectivity index (χ3n) is 4.84. The number of ketones is 1. The molecule has 0 aromatic heterocycles. The lowest BCUT2D eigenvalue weighted by atomic mass is 9.96. The van der Waals surface area contributed by atoms with Crippen LogP contribution in [0, 0.1) is 0 Å². The van der Waals surface area contributed by atoms with Crippen LogP contribution in [0.2, 0.25) is 5.02 Å². The zero-order valence-electron chi connectivity index (χ0n) is 14.9. The van der Waals surface area contributed by atoms with Gasteiger partial charge < -0.3 is 5.32 Å². The van der Waals surface area contributed by atoms with Crippen LogP contribution in [0.3, 0.4) is 0 Å². The highest BCUT2D eigenvalue weighted by Gasteiger charge is 2.23. The molecule has 4 nitrogen and oxygen atoms in total. The summed E-state index contributed by atoms with van der Waals surface area (Å²) < 4.78 is 0. The molecule has 2 aromatic carbocycles. The number of rotatable bonds is 4. The van der Waals surface area contributed by atoms with Crippen molar-refractivity contribution >= 4 is 29.1 Å². The molecule has 0 heterocycles. The molecule has 2 aromatic rings. The Labute approximate surface area is 159 Å². The minimum atomic E-state index is -0.193. The quantitative estimate of drug-likeness (QED) is 0.765. The summed E-state index contributed by atoms with van der Waals surface area (Å²) in [4.78, 5) is 27.1. The van der Waals surface area contributed by atoms with Gasteiger partial charge in [0.25, 0.3) is 0 Å². The summed E-state index contributed by atoms with van der Waals surface area (Å²) in [5.41, 5.74) is 1.54. The maximum Gasteiger partial charge on any atom is 0.321 e. The summed E-state index contributed by atoms with van der Waals surface area (Å²) in [5.74, 6) is -0.152. The van der Waals surface area contributed by atoms with E-state index in [1.807, 2.05) is 18.2 Å². The Morgan fingerprint density at radius 2 is 1.73 bits per heavy atom. The molecular weight excluding hydrogens is 348 g/mol. The third-order valence-corrected chi connectivity index (χ3v) is 5.07. The van der Waals surface area contributed by atoms with E-state index in [9.17, 15) is 9.59 Å². The zero-order valence-corrected chi connectivity index (χ0v) is 15.6. The van der Waals surface area contributed by atoms with Crippen molar-refractivity contribution in [1.82, 2.24) is 5.32 Å². The van der Waals surface area contributed by atoms with Gasteiger partial charge in [-0.25, -0.2) is 4.79 Å². The predicted octanol–water partition coefficient (Wildman–Crippen LogP) is 5.05. The average Bonchev–Trinajstić information content (AvgIpc) is 2.68. The first-order valence-corrected chi connectivity index (χ1v) is 9.37. The van der Waals surface area contributed by atoms with E-state index in [0.717, 1.165) is 25.7 Å². The first kappa shape index (κ1) is 18.5. The normalized spacial score (nSPS) is 14.7. The molecule has 0 unspecified atom stereocenters. The average molecular weight is 371 g/mol. The molecule has 0 bridgehead atoms. The molecule has 0 radical (unpaired) electrons. The maximum absolute atomic E-state index is 12.9. The summed E-state index contributed by atoms with van der Waals surface area (Å²) in [6.07, 6.45) is 5.54. The number of carbonyl (C=O) groups excluding carboxylic acids is 2. The van der Waals surface area contributed by atoms with E-state index in [0.29, 0.717) is 21.8 Å². The molecular formula is C21H23ClN2O2. The van der Waals surface area contributed by atoms with E-state index in [4.69, 9.17) is 11.6 Å². The van der Waals surface area contributed by atoms with Gasteiger partial charge in [-0.1, -0.05) is 61.2 Å². The monoisotopic (exact) mass is 370 g/mol. The van der Waals surface area contributed by atoms with Gasteiger partial charge in [-0.15, -0.1) is 0 Å². The van der Waals surface area contributed by atoms with Crippen molar-refractivity contribution in [3.8, 4) is 0 Å². The molecule has 1 N–H and O–H groups in total. The molecule has 136 valence electrons. The number of hydrogen-bond donors (Lipinski definition) is 1. The van der Waals surface area contributed by atoms with Crippen LogP contribution in [0.1, 0.15) is 48.0 Å². The van der Waals surface area contributed by atoms with Crippen molar-refractivity contribution in [3.05, 3.63) is 64.7 Å². The van der Waals surface area contributed by atoms with E-state index in [1.165, 1.54) is 11.3 Å². The topological polar surface area (TPSA) is 49.4 Å². The molecule has 0 saturated heterocycles. The van der Waals surface area contributed by atoms with Gasteiger partial charge in [-0.2, -0.15) is 0 Å². The predicted molar refractivity (Wildman–Crippen MR) is 105 cm³/mol. The minimum absolute atomic E-state index is 0.152. The van der Waals surface area contributed by atoms with Crippen molar-refractivity contribution < 1.29 is 9.59 Å². The molecule has 26 heavy (non-hydrogen) atoms. The number of urea groups is 1. The standard InChI is InChI=1S/C21H23ClN2O2/c1-24(21(26)23-17-10-6-3-7-11-17)19-13-12-16(22)14-18(19)20(25)15-8-4-2-5-9-15/h2,4-5,8-9,12-14,17H,3,6-7,10-11H2,1H3,(H,23,26). The summed E-state index contributed by atoms with van der Waals surface area (Å²) in [6, 6.07) is 14.1. The number of hydrogen-bond acceptors (Lipinski definition) is 2. The Morgan fingerprint density at radius 1 is 1.04 bits per heavy atom. The molecule has 0 aliphatic heterocycles. The summed E-state index contributed by atoms with van der Waals surface area (Å²) in [7, 11) is 1.68. The van der Waals surface area contributed by atoms with E-state index in [1.54, 1.807) is 37.4 Å². The molecule has 0 spiro atoms. The van der Waals surface area contributed by atoms with Crippen molar-refractivity contribution in [3.63, 3.8) is 0 Å². The fourth-order valence-corrected chi connectivity index (χ4v) is 3.53. The number of nitrogens with zero attached hydrogens (tertiary/aromatic N) is 1. The second-order valence-electron chi connectivity index (χ2n) is 6.70. The van der Waals surface area contributed by atoms with Gasteiger partial charge in [0.1, 0.15) is 0 Å². The Bertz CT molecular complexity index is 786. The van der Waals surface area contributed by atoms with Crippen molar-refractivity contribution in [1.29, 1.82) is 0 Å². The highest BCUT2D eigenvalue weighted by Crippen LogP contribution is 2.27. The molecule has 1 aliphatic rings. The number of benzene rings is 2. The van der Waals surface area contributed by atoms with Crippen LogP contribution in [0.5, 0.6) is 0 Å².